The van der Waals surface area contributed by atoms with Crippen molar-refractivity contribution < 1.29 is 18.0 Å². The van der Waals surface area contributed by atoms with Crippen molar-refractivity contribution in [3.8, 4) is 0 Å². The number of hydrogen-bond acceptors (Lipinski definition) is 1. The molecule has 1 saturated carbocycles. The van der Waals surface area contributed by atoms with Crippen molar-refractivity contribution in [2.75, 3.05) is 0 Å². The molecule has 0 unspecified atom stereocenters. The van der Waals surface area contributed by atoms with Crippen molar-refractivity contribution in [2.24, 2.45) is 5.92 Å². The molecule has 2 rings (SSSR count). The van der Waals surface area contributed by atoms with Crippen LogP contribution in [0, 0.1) is 5.92 Å². The van der Waals surface area contributed by atoms with Crippen molar-refractivity contribution in [1.82, 2.24) is 0 Å². The molecule has 0 aromatic heterocycles. The molecule has 0 amide bonds. The fourth-order valence-corrected chi connectivity index (χ4v) is 2.98. The fourth-order valence-electron chi connectivity index (χ4n) is 2.98. The monoisotopic (exact) mass is 298 g/mol. The first-order valence-electron chi connectivity index (χ1n) is 7.65. The summed E-state index contributed by atoms with van der Waals surface area (Å²) in [5.41, 5.74) is -0.206. The lowest BCUT2D eigenvalue weighted by Crippen LogP contribution is -2.18. The Bertz CT molecular complexity index is 471. The maximum atomic E-state index is 12.7. The standard InChI is InChI=1S/C17H21F3O/c18-17(19,20)15-10-6-7-13(11-15)12-16(21)14-8-4-2-1-3-5-9-14/h6-7,10-11,14H,1-5,8-9,12H2. The van der Waals surface area contributed by atoms with Crippen LogP contribution in [0.15, 0.2) is 24.3 Å². The normalized spacial score (nSPS) is 18.0. The smallest absolute Gasteiger partial charge is 0.299 e. The summed E-state index contributed by atoms with van der Waals surface area (Å²) in [4.78, 5) is 12.3. The molecule has 0 saturated heterocycles. The van der Waals surface area contributed by atoms with E-state index in [1.807, 2.05) is 0 Å². The average molecular weight is 298 g/mol. The second-order valence-electron chi connectivity index (χ2n) is 5.88. The number of alkyl halides is 3. The molecule has 1 aliphatic rings. The molecule has 116 valence electrons. The van der Waals surface area contributed by atoms with Crippen LogP contribution < -0.4 is 0 Å². The van der Waals surface area contributed by atoms with Crippen LogP contribution in [0.3, 0.4) is 0 Å². The third-order valence-corrected chi connectivity index (χ3v) is 4.19. The first-order valence-corrected chi connectivity index (χ1v) is 7.65. The molecule has 0 aliphatic heterocycles. The second-order valence-corrected chi connectivity index (χ2v) is 5.88. The van der Waals surface area contributed by atoms with Crippen molar-refractivity contribution in [2.45, 2.75) is 57.5 Å². The minimum Gasteiger partial charge on any atom is -0.299 e. The van der Waals surface area contributed by atoms with Gasteiger partial charge in [-0.15, -0.1) is 0 Å². The molecule has 1 aliphatic carbocycles. The van der Waals surface area contributed by atoms with Gasteiger partial charge in [-0.3, -0.25) is 4.79 Å². The summed E-state index contributed by atoms with van der Waals surface area (Å²) in [6.45, 7) is 0. The first kappa shape index (κ1) is 16.1. The summed E-state index contributed by atoms with van der Waals surface area (Å²) >= 11 is 0. The third-order valence-electron chi connectivity index (χ3n) is 4.19. The van der Waals surface area contributed by atoms with Crippen LogP contribution in [0.4, 0.5) is 13.2 Å². The molecule has 21 heavy (non-hydrogen) atoms. The maximum Gasteiger partial charge on any atom is 0.416 e. The van der Waals surface area contributed by atoms with E-state index in [9.17, 15) is 18.0 Å². The summed E-state index contributed by atoms with van der Waals surface area (Å²) in [6.07, 6.45) is 3.21. The van der Waals surface area contributed by atoms with Crippen LogP contribution in [-0.2, 0) is 17.4 Å². The Balaban J connectivity index is 2.01. The van der Waals surface area contributed by atoms with Crippen molar-refractivity contribution in [3.63, 3.8) is 0 Å². The number of carbonyl (C=O) groups is 1. The van der Waals surface area contributed by atoms with Gasteiger partial charge in [0.15, 0.2) is 0 Å². The third kappa shape index (κ3) is 4.87. The Kier molecular flexibility index (Phi) is 5.43. The SMILES string of the molecule is O=C(Cc1cccc(C(F)(F)F)c1)C1CCCCCCC1. The van der Waals surface area contributed by atoms with Gasteiger partial charge in [0.25, 0.3) is 0 Å². The Labute approximate surface area is 123 Å². The number of carbonyl (C=O) groups excluding carboxylic acids is 1. The molecule has 0 atom stereocenters. The minimum absolute atomic E-state index is 0.0276. The van der Waals surface area contributed by atoms with E-state index >= 15 is 0 Å². The van der Waals surface area contributed by atoms with E-state index in [0.29, 0.717) is 5.56 Å². The number of hydrogen-bond donors (Lipinski definition) is 0. The summed E-state index contributed by atoms with van der Waals surface area (Å²) in [6, 6.07) is 5.13. The number of rotatable bonds is 3. The summed E-state index contributed by atoms with van der Waals surface area (Å²) < 4.78 is 38.0. The van der Waals surface area contributed by atoms with Gasteiger partial charge < -0.3 is 0 Å². The van der Waals surface area contributed by atoms with Gasteiger partial charge in [-0.2, -0.15) is 13.2 Å². The molecular formula is C17H21F3O. The Morgan fingerprint density at radius 1 is 1.05 bits per heavy atom. The van der Waals surface area contributed by atoms with E-state index in [0.717, 1.165) is 50.7 Å². The van der Waals surface area contributed by atoms with Crippen LogP contribution in [0.1, 0.15) is 56.1 Å². The number of benzene rings is 1. The van der Waals surface area contributed by atoms with Crippen molar-refractivity contribution in [3.05, 3.63) is 35.4 Å². The maximum absolute atomic E-state index is 12.7. The number of ketones is 1. The van der Waals surface area contributed by atoms with E-state index in [1.165, 1.54) is 12.5 Å². The Hall–Kier alpha value is -1.32. The van der Waals surface area contributed by atoms with Crippen LogP contribution in [-0.4, -0.2) is 5.78 Å². The molecule has 0 N–H and O–H groups in total. The zero-order chi connectivity index (χ0) is 15.3. The second kappa shape index (κ2) is 7.10. The molecular weight excluding hydrogens is 277 g/mol. The summed E-state index contributed by atoms with van der Waals surface area (Å²) in [7, 11) is 0. The molecule has 0 heterocycles. The minimum atomic E-state index is -4.35. The fraction of sp³-hybridized carbons (Fsp3) is 0.588. The first-order chi connectivity index (χ1) is 9.97. The van der Waals surface area contributed by atoms with E-state index in [2.05, 4.69) is 0 Å². The van der Waals surface area contributed by atoms with Crippen LogP contribution in [0.5, 0.6) is 0 Å². The Morgan fingerprint density at radius 3 is 2.29 bits per heavy atom. The molecule has 0 bridgehead atoms. The summed E-state index contributed by atoms with van der Waals surface area (Å²) in [5, 5.41) is 0. The lowest BCUT2D eigenvalue weighted by Gasteiger charge is -2.18. The van der Waals surface area contributed by atoms with Crippen LogP contribution >= 0.6 is 0 Å². The highest BCUT2D eigenvalue weighted by Gasteiger charge is 2.30. The van der Waals surface area contributed by atoms with Gasteiger partial charge in [-0.25, -0.2) is 0 Å². The number of halogens is 3. The van der Waals surface area contributed by atoms with E-state index in [4.69, 9.17) is 0 Å². The van der Waals surface area contributed by atoms with Crippen molar-refractivity contribution in [1.29, 1.82) is 0 Å². The molecule has 0 radical (unpaired) electrons. The average Bonchev–Trinajstić information content (AvgIpc) is 2.37. The largest absolute Gasteiger partial charge is 0.416 e. The van der Waals surface area contributed by atoms with Crippen LogP contribution in [0.25, 0.3) is 0 Å². The van der Waals surface area contributed by atoms with Gasteiger partial charge in [-0.1, -0.05) is 50.3 Å². The van der Waals surface area contributed by atoms with Crippen molar-refractivity contribution >= 4 is 5.78 Å². The topological polar surface area (TPSA) is 17.1 Å². The zero-order valence-electron chi connectivity index (χ0n) is 12.1. The van der Waals surface area contributed by atoms with Gasteiger partial charge >= 0.3 is 6.18 Å². The summed E-state index contributed by atoms with van der Waals surface area (Å²) in [5.74, 6) is 0.121. The van der Waals surface area contributed by atoms with E-state index in [-0.39, 0.29) is 18.1 Å². The van der Waals surface area contributed by atoms with E-state index in [1.54, 1.807) is 6.07 Å². The van der Waals surface area contributed by atoms with Gasteiger partial charge in [0.05, 0.1) is 5.56 Å². The molecule has 1 aromatic carbocycles. The highest BCUT2D eigenvalue weighted by molar-refractivity contribution is 5.83. The van der Waals surface area contributed by atoms with E-state index < -0.39 is 11.7 Å². The van der Waals surface area contributed by atoms with Gasteiger partial charge in [0.2, 0.25) is 0 Å². The molecule has 0 spiro atoms. The van der Waals surface area contributed by atoms with Crippen LogP contribution in [0.2, 0.25) is 0 Å². The predicted molar refractivity (Wildman–Crippen MR) is 76.0 cm³/mol. The highest BCUT2D eigenvalue weighted by atomic mass is 19.4. The molecule has 1 nitrogen and oxygen atoms in total. The number of Topliss-reactive ketones (excluding diaryl/α,β-unsaturated/α-hetero) is 1. The highest BCUT2D eigenvalue weighted by Crippen LogP contribution is 2.30. The molecule has 1 fully saturated rings. The molecule has 4 heteroatoms. The van der Waals surface area contributed by atoms with Gasteiger partial charge in [0.1, 0.15) is 5.78 Å². The lowest BCUT2D eigenvalue weighted by molar-refractivity contribution is -0.137. The van der Waals surface area contributed by atoms with Gasteiger partial charge in [0, 0.05) is 12.3 Å². The zero-order valence-corrected chi connectivity index (χ0v) is 12.1. The van der Waals surface area contributed by atoms with Gasteiger partial charge in [-0.05, 0) is 24.5 Å². The quantitative estimate of drug-likeness (QED) is 0.751. The predicted octanol–water partition coefficient (Wildman–Crippen LogP) is 5.18. The lowest BCUT2D eigenvalue weighted by atomic mass is 9.86. The Morgan fingerprint density at radius 2 is 1.67 bits per heavy atom. The molecule has 1 aromatic rings.